The highest BCUT2D eigenvalue weighted by molar-refractivity contribution is 6.29. The van der Waals surface area contributed by atoms with Crippen LogP contribution in [0.25, 0.3) is 11.6 Å². The molecule has 9 heteroatoms. The van der Waals surface area contributed by atoms with Crippen LogP contribution >= 0.6 is 11.6 Å². The molecular weight excluding hydrogens is 366 g/mol. The smallest absolute Gasteiger partial charge is 0.276 e. The fourth-order valence-corrected chi connectivity index (χ4v) is 2.45. The van der Waals surface area contributed by atoms with E-state index in [2.05, 4.69) is 35.7 Å². The zero-order chi connectivity index (χ0) is 18.9. The number of aromatic nitrogens is 4. The Morgan fingerprint density at radius 1 is 1.11 bits per heavy atom. The fourth-order valence-electron chi connectivity index (χ4n) is 2.34. The first-order valence-electron chi connectivity index (χ1n) is 8.53. The van der Waals surface area contributed by atoms with Crippen LogP contribution in [0.15, 0.2) is 52.2 Å². The van der Waals surface area contributed by atoms with Crippen LogP contribution in [-0.4, -0.2) is 46.2 Å². The molecule has 0 aliphatic rings. The Morgan fingerprint density at radius 3 is 2.67 bits per heavy atom. The van der Waals surface area contributed by atoms with Crippen molar-refractivity contribution >= 4 is 17.6 Å². The van der Waals surface area contributed by atoms with Gasteiger partial charge in [-0.2, -0.15) is 4.98 Å². The summed E-state index contributed by atoms with van der Waals surface area (Å²) >= 11 is 5.79. The van der Waals surface area contributed by atoms with Crippen molar-refractivity contribution in [3.8, 4) is 11.6 Å². The van der Waals surface area contributed by atoms with E-state index in [1.165, 1.54) is 0 Å². The highest BCUT2D eigenvalue weighted by atomic mass is 35.5. The van der Waals surface area contributed by atoms with Crippen LogP contribution in [0, 0.1) is 0 Å². The number of nitrogens with one attached hydrogen (secondary N) is 2. The van der Waals surface area contributed by atoms with Gasteiger partial charge in [0.05, 0.1) is 0 Å². The number of guanidine groups is 1. The van der Waals surface area contributed by atoms with E-state index in [1.807, 2.05) is 24.3 Å². The maximum Gasteiger partial charge on any atom is 0.276 e. The first kappa shape index (κ1) is 18.8. The van der Waals surface area contributed by atoms with Crippen molar-refractivity contribution in [3.05, 3.63) is 59.3 Å². The quantitative estimate of drug-likeness (QED) is 0.365. The van der Waals surface area contributed by atoms with E-state index in [0.717, 1.165) is 18.5 Å². The molecule has 0 aromatic carbocycles. The lowest BCUT2D eigenvalue weighted by Gasteiger charge is -2.11. The van der Waals surface area contributed by atoms with Crippen LogP contribution in [-0.2, 0) is 12.8 Å². The minimum Gasteiger partial charge on any atom is -0.356 e. The minimum atomic E-state index is 0.421. The predicted octanol–water partition coefficient (Wildman–Crippen LogP) is 2.13. The van der Waals surface area contributed by atoms with Gasteiger partial charge >= 0.3 is 0 Å². The SMILES string of the molecule is CN=C(NCCc1ccc(Cl)nc1)NCCc1noc(-c2ccccn2)n1. The first-order valence-corrected chi connectivity index (χ1v) is 8.91. The van der Waals surface area contributed by atoms with Gasteiger partial charge in [-0.15, -0.1) is 0 Å². The molecule has 27 heavy (non-hydrogen) atoms. The molecule has 0 amide bonds. The second-order valence-electron chi connectivity index (χ2n) is 5.65. The van der Waals surface area contributed by atoms with Crippen molar-refractivity contribution < 1.29 is 4.52 Å². The van der Waals surface area contributed by atoms with Crippen molar-refractivity contribution in [2.24, 2.45) is 4.99 Å². The Kier molecular flexibility index (Phi) is 6.70. The van der Waals surface area contributed by atoms with Crippen molar-refractivity contribution in [3.63, 3.8) is 0 Å². The third-order valence-corrected chi connectivity index (χ3v) is 3.94. The zero-order valence-electron chi connectivity index (χ0n) is 14.9. The van der Waals surface area contributed by atoms with Gasteiger partial charge in [-0.3, -0.25) is 9.98 Å². The summed E-state index contributed by atoms with van der Waals surface area (Å²) in [7, 11) is 1.73. The lowest BCUT2D eigenvalue weighted by molar-refractivity contribution is 0.421. The molecule has 3 heterocycles. The van der Waals surface area contributed by atoms with E-state index in [4.69, 9.17) is 16.1 Å². The average molecular weight is 386 g/mol. The summed E-state index contributed by atoms with van der Waals surface area (Å²) in [5.41, 5.74) is 1.77. The van der Waals surface area contributed by atoms with Gasteiger partial charge in [-0.1, -0.05) is 28.9 Å². The molecule has 0 aliphatic carbocycles. The molecule has 0 spiro atoms. The van der Waals surface area contributed by atoms with Crippen molar-refractivity contribution in [1.29, 1.82) is 0 Å². The van der Waals surface area contributed by atoms with E-state index in [-0.39, 0.29) is 0 Å². The van der Waals surface area contributed by atoms with Gasteiger partial charge in [0.2, 0.25) is 0 Å². The average Bonchev–Trinajstić information content (AvgIpc) is 3.18. The van der Waals surface area contributed by atoms with Gasteiger partial charge in [-0.25, -0.2) is 4.98 Å². The van der Waals surface area contributed by atoms with Gasteiger partial charge in [0, 0.05) is 39.0 Å². The van der Waals surface area contributed by atoms with Gasteiger partial charge in [0.15, 0.2) is 11.8 Å². The number of halogens is 1. The molecular formula is C18H20ClN7O. The molecule has 0 saturated heterocycles. The monoisotopic (exact) mass is 385 g/mol. The van der Waals surface area contributed by atoms with Crippen molar-refractivity contribution in [2.45, 2.75) is 12.8 Å². The molecule has 0 aliphatic heterocycles. The third kappa shape index (κ3) is 5.75. The Bertz CT molecular complexity index is 865. The van der Waals surface area contributed by atoms with Crippen molar-refractivity contribution in [1.82, 2.24) is 30.7 Å². The van der Waals surface area contributed by atoms with E-state index in [9.17, 15) is 0 Å². The molecule has 0 radical (unpaired) electrons. The molecule has 0 bridgehead atoms. The molecule has 2 N–H and O–H groups in total. The molecule has 140 valence electrons. The van der Waals surface area contributed by atoms with Gasteiger partial charge in [-0.05, 0) is 30.2 Å². The van der Waals surface area contributed by atoms with Gasteiger partial charge < -0.3 is 15.2 Å². The standard InChI is InChI=1S/C18H20ClN7O/c1-20-18(22-10-7-13-5-6-15(19)24-12-13)23-11-8-16-25-17(27-26-16)14-4-2-3-9-21-14/h2-6,9,12H,7-8,10-11H2,1H3,(H2,20,22,23). The fraction of sp³-hybridized carbons (Fsp3) is 0.278. The molecule has 0 atom stereocenters. The molecule has 0 fully saturated rings. The maximum atomic E-state index is 5.79. The lowest BCUT2D eigenvalue weighted by Crippen LogP contribution is -2.39. The summed E-state index contributed by atoms with van der Waals surface area (Å²) in [6.45, 7) is 1.36. The van der Waals surface area contributed by atoms with Crippen LogP contribution < -0.4 is 10.6 Å². The number of pyridine rings is 2. The van der Waals surface area contributed by atoms with Crippen LogP contribution in [0.4, 0.5) is 0 Å². The van der Waals surface area contributed by atoms with Crippen LogP contribution in [0.3, 0.4) is 0 Å². The number of hydrogen-bond donors (Lipinski definition) is 2. The molecule has 8 nitrogen and oxygen atoms in total. The maximum absolute atomic E-state index is 5.79. The summed E-state index contributed by atoms with van der Waals surface area (Å²) in [6.07, 6.45) is 4.90. The normalized spacial score (nSPS) is 11.4. The Balaban J connectivity index is 1.41. The molecule has 0 unspecified atom stereocenters. The molecule has 0 saturated carbocycles. The highest BCUT2D eigenvalue weighted by Crippen LogP contribution is 2.13. The minimum absolute atomic E-state index is 0.421. The van der Waals surface area contributed by atoms with Crippen LogP contribution in [0.5, 0.6) is 0 Å². The number of rotatable bonds is 7. The van der Waals surface area contributed by atoms with E-state index in [1.54, 1.807) is 25.5 Å². The summed E-state index contributed by atoms with van der Waals surface area (Å²) in [5.74, 6) is 1.75. The molecule has 3 aromatic rings. The third-order valence-electron chi connectivity index (χ3n) is 3.71. The van der Waals surface area contributed by atoms with E-state index < -0.39 is 0 Å². The summed E-state index contributed by atoms with van der Waals surface area (Å²) in [4.78, 5) is 16.8. The van der Waals surface area contributed by atoms with Gasteiger partial charge in [0.25, 0.3) is 5.89 Å². The number of nitrogens with zero attached hydrogens (tertiary/aromatic N) is 5. The van der Waals surface area contributed by atoms with Crippen molar-refractivity contribution in [2.75, 3.05) is 20.1 Å². The van der Waals surface area contributed by atoms with Crippen LogP contribution in [0.1, 0.15) is 11.4 Å². The second-order valence-corrected chi connectivity index (χ2v) is 6.03. The second kappa shape index (κ2) is 9.63. The van der Waals surface area contributed by atoms with Crippen LogP contribution in [0.2, 0.25) is 5.15 Å². The number of hydrogen-bond acceptors (Lipinski definition) is 6. The predicted molar refractivity (Wildman–Crippen MR) is 104 cm³/mol. The van der Waals surface area contributed by atoms with Gasteiger partial charge in [0.1, 0.15) is 10.8 Å². The molecule has 3 rings (SSSR count). The summed E-state index contributed by atoms with van der Waals surface area (Å²) in [6, 6.07) is 9.30. The summed E-state index contributed by atoms with van der Waals surface area (Å²) in [5, 5.41) is 11.0. The Hall–Kier alpha value is -3.00. The molecule has 3 aromatic heterocycles. The highest BCUT2D eigenvalue weighted by Gasteiger charge is 2.09. The topological polar surface area (TPSA) is 101 Å². The largest absolute Gasteiger partial charge is 0.356 e. The van der Waals surface area contributed by atoms with E-state index in [0.29, 0.717) is 41.5 Å². The zero-order valence-corrected chi connectivity index (χ0v) is 15.6. The Morgan fingerprint density at radius 2 is 1.96 bits per heavy atom. The lowest BCUT2D eigenvalue weighted by atomic mass is 10.2. The first-order chi connectivity index (χ1) is 13.2. The van der Waals surface area contributed by atoms with E-state index >= 15 is 0 Å². The summed E-state index contributed by atoms with van der Waals surface area (Å²) < 4.78 is 5.24. The number of aliphatic imine (C=N–C) groups is 1. The Labute approximate surface area is 162 Å².